The maximum atomic E-state index is 3.51. The zero-order valence-corrected chi connectivity index (χ0v) is 10.7. The number of fused-ring (bicyclic) bond motifs is 2. The van der Waals surface area contributed by atoms with Crippen molar-refractivity contribution in [1.82, 2.24) is 9.97 Å². The highest BCUT2D eigenvalue weighted by Crippen LogP contribution is 2.30. The quantitative estimate of drug-likeness (QED) is 0.491. The molecule has 0 amide bonds. The monoisotopic (exact) mass is 246 g/mol. The lowest BCUT2D eigenvalue weighted by molar-refractivity contribution is 1.35. The van der Waals surface area contributed by atoms with Gasteiger partial charge in [0.2, 0.25) is 0 Å². The van der Waals surface area contributed by atoms with E-state index < -0.39 is 0 Å². The van der Waals surface area contributed by atoms with Crippen molar-refractivity contribution in [1.29, 1.82) is 0 Å². The second-order valence-electron chi connectivity index (χ2n) is 4.94. The summed E-state index contributed by atoms with van der Waals surface area (Å²) in [6.45, 7) is 2.17. The third kappa shape index (κ3) is 1.50. The maximum Gasteiger partial charge on any atom is 0.0660 e. The first-order valence-corrected chi connectivity index (χ1v) is 6.48. The number of aromatic nitrogens is 2. The van der Waals surface area contributed by atoms with Gasteiger partial charge >= 0.3 is 0 Å². The number of rotatable bonds is 1. The molecule has 0 aliphatic carbocycles. The van der Waals surface area contributed by atoms with E-state index in [1.54, 1.807) is 0 Å². The van der Waals surface area contributed by atoms with Crippen LogP contribution in [0.1, 0.15) is 5.56 Å². The van der Waals surface area contributed by atoms with Gasteiger partial charge in [0, 0.05) is 21.8 Å². The van der Waals surface area contributed by atoms with E-state index in [2.05, 4.69) is 71.5 Å². The van der Waals surface area contributed by atoms with Crippen molar-refractivity contribution in [3.05, 3.63) is 60.2 Å². The summed E-state index contributed by atoms with van der Waals surface area (Å²) in [6.07, 6.45) is 0. The first-order chi connectivity index (χ1) is 9.33. The molecule has 0 radical (unpaired) electrons. The fourth-order valence-electron chi connectivity index (χ4n) is 2.76. The Balaban J connectivity index is 2.01. The third-order valence-electron chi connectivity index (χ3n) is 3.77. The van der Waals surface area contributed by atoms with Crippen LogP contribution in [0.15, 0.2) is 54.6 Å². The van der Waals surface area contributed by atoms with Crippen LogP contribution in [0.5, 0.6) is 0 Å². The fraction of sp³-hybridized carbons (Fsp3) is 0.0588. The summed E-state index contributed by atoms with van der Waals surface area (Å²) >= 11 is 0. The average Bonchev–Trinajstić information content (AvgIpc) is 3.00. The van der Waals surface area contributed by atoms with Gasteiger partial charge in [-0.25, -0.2) is 0 Å². The molecule has 4 rings (SSSR count). The van der Waals surface area contributed by atoms with E-state index in [0.717, 1.165) is 5.69 Å². The molecule has 0 atom stereocenters. The molecule has 92 valence electrons. The predicted octanol–water partition coefficient (Wildman–Crippen LogP) is 4.62. The van der Waals surface area contributed by atoms with Crippen molar-refractivity contribution in [2.45, 2.75) is 6.92 Å². The van der Waals surface area contributed by atoms with Crippen molar-refractivity contribution in [2.75, 3.05) is 0 Å². The van der Waals surface area contributed by atoms with E-state index >= 15 is 0 Å². The van der Waals surface area contributed by atoms with Gasteiger partial charge in [0.15, 0.2) is 0 Å². The van der Waals surface area contributed by atoms with Gasteiger partial charge in [0.1, 0.15) is 0 Å². The van der Waals surface area contributed by atoms with Crippen LogP contribution in [0, 0.1) is 6.92 Å². The predicted molar refractivity (Wildman–Crippen MR) is 80.3 cm³/mol. The highest BCUT2D eigenvalue weighted by molar-refractivity contribution is 5.93. The Kier molecular flexibility index (Phi) is 2.06. The van der Waals surface area contributed by atoms with E-state index in [1.807, 2.05) is 0 Å². The van der Waals surface area contributed by atoms with Gasteiger partial charge in [-0.1, -0.05) is 36.4 Å². The van der Waals surface area contributed by atoms with Gasteiger partial charge in [-0.05, 0) is 30.7 Å². The van der Waals surface area contributed by atoms with Crippen molar-refractivity contribution >= 4 is 21.8 Å². The summed E-state index contributed by atoms with van der Waals surface area (Å²) < 4.78 is 0. The van der Waals surface area contributed by atoms with Crippen LogP contribution in [-0.4, -0.2) is 9.97 Å². The third-order valence-corrected chi connectivity index (χ3v) is 3.77. The molecule has 2 aromatic heterocycles. The normalized spacial score (nSPS) is 11.4. The number of aryl methyl sites for hydroxylation is 1. The molecule has 0 saturated heterocycles. The van der Waals surface area contributed by atoms with E-state index in [4.69, 9.17) is 0 Å². The number of nitrogens with one attached hydrogen (secondary N) is 2. The number of benzene rings is 2. The van der Waals surface area contributed by atoms with Crippen LogP contribution in [-0.2, 0) is 0 Å². The number of hydrogen-bond donors (Lipinski definition) is 2. The standard InChI is InChI=1S/C17H14N2/c1-11-13-7-3-5-9-15(13)19-17(11)16-10-12-6-2-4-8-14(12)18-16/h2-10,18-19H,1H3. The lowest BCUT2D eigenvalue weighted by Gasteiger charge is -1.95. The molecule has 2 N–H and O–H groups in total. The fourth-order valence-corrected chi connectivity index (χ4v) is 2.76. The Morgan fingerprint density at radius 1 is 0.789 bits per heavy atom. The van der Waals surface area contributed by atoms with Crippen LogP contribution in [0.4, 0.5) is 0 Å². The molecule has 0 saturated carbocycles. The van der Waals surface area contributed by atoms with E-state index in [1.165, 1.54) is 33.1 Å². The lowest BCUT2D eigenvalue weighted by Crippen LogP contribution is -1.79. The van der Waals surface area contributed by atoms with Crippen LogP contribution >= 0.6 is 0 Å². The van der Waals surface area contributed by atoms with Crippen LogP contribution < -0.4 is 0 Å². The van der Waals surface area contributed by atoms with Gasteiger partial charge in [0.25, 0.3) is 0 Å². The molecule has 0 bridgehead atoms. The molecule has 0 aliphatic heterocycles. The minimum absolute atomic E-state index is 1.15. The lowest BCUT2D eigenvalue weighted by atomic mass is 10.1. The Bertz CT molecular complexity index is 847. The van der Waals surface area contributed by atoms with Crippen molar-refractivity contribution in [3.8, 4) is 11.4 Å². The van der Waals surface area contributed by atoms with Gasteiger partial charge in [0.05, 0.1) is 11.4 Å². The zero-order chi connectivity index (χ0) is 12.8. The first kappa shape index (κ1) is 10.4. The molecule has 0 aliphatic rings. The first-order valence-electron chi connectivity index (χ1n) is 6.48. The van der Waals surface area contributed by atoms with Crippen molar-refractivity contribution < 1.29 is 0 Å². The molecule has 19 heavy (non-hydrogen) atoms. The van der Waals surface area contributed by atoms with E-state index in [9.17, 15) is 0 Å². The second kappa shape index (κ2) is 3.75. The molecule has 0 spiro atoms. The van der Waals surface area contributed by atoms with E-state index in [-0.39, 0.29) is 0 Å². The maximum absolute atomic E-state index is 3.51. The second-order valence-corrected chi connectivity index (χ2v) is 4.94. The van der Waals surface area contributed by atoms with Crippen molar-refractivity contribution in [3.63, 3.8) is 0 Å². The summed E-state index contributed by atoms with van der Waals surface area (Å²) in [5.74, 6) is 0. The van der Waals surface area contributed by atoms with Gasteiger partial charge in [-0.2, -0.15) is 0 Å². The Hall–Kier alpha value is -2.48. The number of aromatic amines is 2. The van der Waals surface area contributed by atoms with Crippen LogP contribution in [0.3, 0.4) is 0 Å². The number of para-hydroxylation sites is 2. The number of H-pyrrole nitrogens is 2. The highest BCUT2D eigenvalue weighted by Gasteiger charge is 2.10. The molecule has 2 nitrogen and oxygen atoms in total. The summed E-state index contributed by atoms with van der Waals surface area (Å²) in [5.41, 5.74) is 5.98. The SMILES string of the molecule is Cc1c(-c2cc3ccccc3[nH]2)[nH]c2ccccc12. The Morgan fingerprint density at radius 2 is 1.53 bits per heavy atom. The largest absolute Gasteiger partial charge is 0.353 e. The smallest absolute Gasteiger partial charge is 0.0660 e. The molecule has 4 aromatic rings. The molecular formula is C17H14N2. The highest BCUT2D eigenvalue weighted by atomic mass is 14.8. The molecule has 2 heteroatoms. The minimum atomic E-state index is 1.15. The Labute approximate surface area is 111 Å². The van der Waals surface area contributed by atoms with Crippen LogP contribution in [0.2, 0.25) is 0 Å². The molecular weight excluding hydrogens is 232 g/mol. The van der Waals surface area contributed by atoms with Gasteiger partial charge < -0.3 is 9.97 Å². The van der Waals surface area contributed by atoms with Crippen molar-refractivity contribution in [2.24, 2.45) is 0 Å². The molecule has 2 aromatic carbocycles. The van der Waals surface area contributed by atoms with Crippen LogP contribution in [0.25, 0.3) is 33.2 Å². The van der Waals surface area contributed by atoms with Gasteiger partial charge in [-0.3, -0.25) is 0 Å². The Morgan fingerprint density at radius 3 is 2.32 bits per heavy atom. The topological polar surface area (TPSA) is 31.6 Å². The molecule has 0 unspecified atom stereocenters. The molecule has 2 heterocycles. The summed E-state index contributed by atoms with van der Waals surface area (Å²) in [4.78, 5) is 6.99. The minimum Gasteiger partial charge on any atom is -0.353 e. The molecule has 0 fully saturated rings. The average molecular weight is 246 g/mol. The summed E-state index contributed by atoms with van der Waals surface area (Å²) in [6, 6.07) is 19.0. The number of hydrogen-bond acceptors (Lipinski definition) is 0. The summed E-state index contributed by atoms with van der Waals surface area (Å²) in [7, 11) is 0. The van der Waals surface area contributed by atoms with E-state index in [0.29, 0.717) is 0 Å². The summed E-state index contributed by atoms with van der Waals surface area (Å²) in [5, 5.41) is 2.53. The zero-order valence-electron chi connectivity index (χ0n) is 10.7. The van der Waals surface area contributed by atoms with Gasteiger partial charge in [-0.15, -0.1) is 0 Å².